The lowest BCUT2D eigenvalue weighted by molar-refractivity contribution is -0.117. The molecule has 0 amide bonds. The second-order valence-electron chi connectivity index (χ2n) is 3.28. The molecule has 0 aliphatic carbocycles. The molecule has 1 atom stereocenters. The van der Waals surface area contributed by atoms with Gasteiger partial charge >= 0.3 is 0 Å². The van der Waals surface area contributed by atoms with Gasteiger partial charge in [0.1, 0.15) is 0 Å². The third-order valence-corrected chi connectivity index (χ3v) is 6.58. The number of carbonyl (C=O) groups is 1. The maximum Gasteiger partial charge on any atom is 0.151 e. The molecule has 1 unspecified atom stereocenters. The first-order valence-electron chi connectivity index (χ1n) is 4.72. The number of carbonyl (C=O) groups excluding carboxylic acids is 1. The molecule has 0 aromatic carbocycles. The summed E-state index contributed by atoms with van der Waals surface area (Å²) >= 11 is 8.80. The third-order valence-electron chi connectivity index (χ3n) is 2.15. The SMILES string of the molecule is O=C(Cc1ccc(Br)s1)C1CSCCS1. The maximum absolute atomic E-state index is 11.9. The summed E-state index contributed by atoms with van der Waals surface area (Å²) in [6.07, 6.45) is 0.606. The van der Waals surface area contributed by atoms with E-state index in [1.54, 1.807) is 11.3 Å². The Kier molecular flexibility index (Phi) is 4.61. The van der Waals surface area contributed by atoms with Crippen molar-refractivity contribution in [3.63, 3.8) is 0 Å². The number of ketones is 1. The summed E-state index contributed by atoms with van der Waals surface area (Å²) in [6.45, 7) is 0. The van der Waals surface area contributed by atoms with E-state index in [-0.39, 0.29) is 5.25 Å². The molecule has 0 radical (unpaired) electrons. The van der Waals surface area contributed by atoms with E-state index in [2.05, 4.69) is 15.9 Å². The molecule has 0 spiro atoms. The Morgan fingerprint density at radius 1 is 1.47 bits per heavy atom. The third kappa shape index (κ3) is 3.51. The van der Waals surface area contributed by atoms with Gasteiger partial charge in [-0.1, -0.05) is 0 Å². The Balaban J connectivity index is 1.91. The molecular formula is C10H11BrOS3. The number of hydrogen-bond acceptors (Lipinski definition) is 4. The highest BCUT2D eigenvalue weighted by atomic mass is 79.9. The van der Waals surface area contributed by atoms with Crippen molar-refractivity contribution in [3.8, 4) is 0 Å². The average molecular weight is 323 g/mol. The van der Waals surface area contributed by atoms with Crippen LogP contribution < -0.4 is 0 Å². The highest BCUT2D eigenvalue weighted by molar-refractivity contribution is 9.11. The van der Waals surface area contributed by atoms with E-state index in [0.29, 0.717) is 12.2 Å². The van der Waals surface area contributed by atoms with Crippen LogP contribution in [0, 0.1) is 0 Å². The van der Waals surface area contributed by atoms with Crippen LogP contribution in [-0.4, -0.2) is 28.3 Å². The molecule has 0 saturated carbocycles. The average Bonchev–Trinajstić information content (AvgIpc) is 2.65. The second-order valence-corrected chi connectivity index (χ2v) is 8.29. The Morgan fingerprint density at radius 2 is 2.33 bits per heavy atom. The minimum Gasteiger partial charge on any atom is -0.298 e. The van der Waals surface area contributed by atoms with Crippen LogP contribution in [0.4, 0.5) is 0 Å². The zero-order valence-electron chi connectivity index (χ0n) is 8.07. The predicted octanol–water partition coefficient (Wildman–Crippen LogP) is 3.47. The summed E-state index contributed by atoms with van der Waals surface area (Å²) in [5, 5.41) is 0.227. The van der Waals surface area contributed by atoms with E-state index in [4.69, 9.17) is 0 Å². The van der Waals surface area contributed by atoms with E-state index in [1.165, 1.54) is 10.6 Å². The topological polar surface area (TPSA) is 17.1 Å². The van der Waals surface area contributed by atoms with Crippen molar-refractivity contribution in [1.82, 2.24) is 0 Å². The van der Waals surface area contributed by atoms with Crippen LogP contribution in [0.15, 0.2) is 15.9 Å². The summed E-state index contributed by atoms with van der Waals surface area (Å²) in [4.78, 5) is 13.1. The number of rotatable bonds is 3. The van der Waals surface area contributed by atoms with Crippen molar-refractivity contribution in [2.45, 2.75) is 11.7 Å². The van der Waals surface area contributed by atoms with Crippen LogP contribution in [0.1, 0.15) is 4.88 Å². The van der Waals surface area contributed by atoms with Crippen LogP contribution in [0.2, 0.25) is 0 Å². The quantitative estimate of drug-likeness (QED) is 0.848. The summed E-state index contributed by atoms with van der Waals surface area (Å²) in [7, 11) is 0. The Morgan fingerprint density at radius 3 is 2.93 bits per heavy atom. The first kappa shape index (κ1) is 12.0. The van der Waals surface area contributed by atoms with E-state index in [0.717, 1.165) is 15.3 Å². The first-order chi connectivity index (χ1) is 7.25. The van der Waals surface area contributed by atoms with Gasteiger partial charge in [-0.05, 0) is 28.1 Å². The minimum atomic E-state index is 0.227. The maximum atomic E-state index is 11.9. The monoisotopic (exact) mass is 322 g/mol. The largest absolute Gasteiger partial charge is 0.298 e. The fourth-order valence-corrected chi connectivity index (χ4v) is 5.55. The lowest BCUT2D eigenvalue weighted by atomic mass is 10.2. The van der Waals surface area contributed by atoms with E-state index in [1.807, 2.05) is 35.7 Å². The molecule has 0 N–H and O–H groups in total. The van der Waals surface area contributed by atoms with Gasteiger partial charge in [0.15, 0.2) is 5.78 Å². The van der Waals surface area contributed by atoms with Gasteiger partial charge in [-0.15, -0.1) is 23.1 Å². The number of halogens is 1. The molecule has 1 fully saturated rings. The van der Waals surface area contributed by atoms with Crippen molar-refractivity contribution < 1.29 is 4.79 Å². The normalized spacial score (nSPS) is 21.5. The Hall–Kier alpha value is 0.550. The van der Waals surface area contributed by atoms with Crippen molar-refractivity contribution >= 4 is 56.6 Å². The van der Waals surface area contributed by atoms with Crippen LogP contribution in [0.25, 0.3) is 0 Å². The zero-order valence-corrected chi connectivity index (χ0v) is 12.1. The summed E-state index contributed by atoms with van der Waals surface area (Å²) < 4.78 is 1.11. The van der Waals surface area contributed by atoms with Crippen LogP contribution >= 0.6 is 50.8 Å². The number of hydrogen-bond donors (Lipinski definition) is 0. The van der Waals surface area contributed by atoms with Crippen molar-refractivity contribution in [2.75, 3.05) is 17.3 Å². The number of Topliss-reactive ketones (excluding diaryl/α,β-unsaturated/α-hetero) is 1. The van der Waals surface area contributed by atoms with E-state index < -0.39 is 0 Å². The van der Waals surface area contributed by atoms with Gasteiger partial charge in [0.25, 0.3) is 0 Å². The van der Waals surface area contributed by atoms with Crippen LogP contribution in [0.5, 0.6) is 0 Å². The molecule has 1 aliphatic rings. The molecule has 2 heterocycles. The minimum absolute atomic E-state index is 0.227. The second kappa shape index (κ2) is 5.75. The van der Waals surface area contributed by atoms with Gasteiger partial charge in [0, 0.05) is 28.6 Å². The van der Waals surface area contributed by atoms with Gasteiger partial charge in [-0.25, -0.2) is 0 Å². The summed E-state index contributed by atoms with van der Waals surface area (Å²) in [5.74, 6) is 3.70. The van der Waals surface area contributed by atoms with Crippen molar-refractivity contribution in [1.29, 1.82) is 0 Å². The Bertz CT molecular complexity index is 344. The lowest BCUT2D eigenvalue weighted by Gasteiger charge is -2.19. The molecule has 82 valence electrons. The lowest BCUT2D eigenvalue weighted by Crippen LogP contribution is -2.25. The highest BCUT2D eigenvalue weighted by Crippen LogP contribution is 2.28. The molecule has 1 nitrogen and oxygen atoms in total. The fourth-order valence-electron chi connectivity index (χ4n) is 1.41. The van der Waals surface area contributed by atoms with Gasteiger partial charge in [-0.3, -0.25) is 4.79 Å². The number of thiophene rings is 1. The van der Waals surface area contributed by atoms with Gasteiger partial charge in [0.05, 0.1) is 9.04 Å². The molecule has 5 heteroatoms. The molecule has 15 heavy (non-hydrogen) atoms. The fraction of sp³-hybridized carbons (Fsp3) is 0.500. The molecule has 1 aliphatic heterocycles. The highest BCUT2D eigenvalue weighted by Gasteiger charge is 2.22. The summed E-state index contributed by atoms with van der Waals surface area (Å²) in [5.41, 5.74) is 0. The Labute approximate surface area is 111 Å². The molecule has 2 rings (SSSR count). The zero-order chi connectivity index (χ0) is 10.7. The molecule has 1 saturated heterocycles. The van der Waals surface area contributed by atoms with Crippen LogP contribution in [-0.2, 0) is 11.2 Å². The molecule has 0 bridgehead atoms. The van der Waals surface area contributed by atoms with E-state index >= 15 is 0 Å². The smallest absolute Gasteiger partial charge is 0.151 e. The predicted molar refractivity (Wildman–Crippen MR) is 74.3 cm³/mol. The van der Waals surface area contributed by atoms with Crippen molar-refractivity contribution in [3.05, 3.63) is 20.8 Å². The molecule has 1 aromatic rings. The standard InChI is InChI=1S/C10H11BrOS3/c11-10-2-1-7(15-10)5-8(12)9-6-13-3-4-14-9/h1-2,9H,3-6H2. The van der Waals surface area contributed by atoms with E-state index in [9.17, 15) is 4.79 Å². The van der Waals surface area contributed by atoms with Crippen molar-refractivity contribution in [2.24, 2.45) is 0 Å². The first-order valence-corrected chi connectivity index (χ1v) is 8.53. The molecule has 1 aromatic heterocycles. The van der Waals surface area contributed by atoms with Gasteiger partial charge in [0.2, 0.25) is 0 Å². The summed E-state index contributed by atoms with van der Waals surface area (Å²) in [6, 6.07) is 4.04. The van der Waals surface area contributed by atoms with Gasteiger partial charge < -0.3 is 0 Å². The molecular weight excluding hydrogens is 312 g/mol. The van der Waals surface area contributed by atoms with Gasteiger partial charge in [-0.2, -0.15) is 11.8 Å². The van der Waals surface area contributed by atoms with Crippen LogP contribution in [0.3, 0.4) is 0 Å². The number of thioether (sulfide) groups is 2.